The van der Waals surface area contributed by atoms with Gasteiger partial charge in [-0.3, -0.25) is 9.59 Å². The number of hydrogen-bond acceptors (Lipinski definition) is 6. The van der Waals surface area contributed by atoms with Gasteiger partial charge in [0.2, 0.25) is 11.1 Å². The molecular formula is C15H17N5O2S. The third-order valence-electron chi connectivity index (χ3n) is 3.80. The molecule has 1 atom stereocenters. The lowest BCUT2D eigenvalue weighted by Crippen LogP contribution is -2.37. The molecule has 0 radical (unpaired) electrons. The van der Waals surface area contributed by atoms with Gasteiger partial charge in [-0.25, -0.2) is 0 Å². The molecule has 0 saturated heterocycles. The Labute approximate surface area is 137 Å². The van der Waals surface area contributed by atoms with E-state index in [1.165, 1.54) is 5.56 Å². The Balaban J connectivity index is 1.79. The minimum Gasteiger partial charge on any atom is -0.334 e. The van der Waals surface area contributed by atoms with Crippen LogP contribution in [0.3, 0.4) is 0 Å². The summed E-state index contributed by atoms with van der Waals surface area (Å²) in [6.07, 6.45) is 0.852. The molecule has 0 aliphatic carbocycles. The van der Waals surface area contributed by atoms with E-state index in [2.05, 4.69) is 10.2 Å². The van der Waals surface area contributed by atoms with Crippen LogP contribution in [0.15, 0.2) is 34.2 Å². The van der Waals surface area contributed by atoms with Crippen molar-refractivity contribution >= 4 is 23.4 Å². The molecule has 8 heteroatoms. The van der Waals surface area contributed by atoms with Crippen molar-refractivity contribution in [1.82, 2.24) is 14.9 Å². The second-order valence-corrected chi connectivity index (χ2v) is 6.68. The highest BCUT2D eigenvalue weighted by Gasteiger charge is 2.29. The molecule has 0 fully saturated rings. The van der Waals surface area contributed by atoms with E-state index < -0.39 is 10.8 Å². The molecule has 1 aromatic heterocycles. The SMILES string of the molecule is Cc1nnc(S[C@H](C)C(=O)N2CCc3ccccc32)n(N)c1=O. The van der Waals surface area contributed by atoms with Gasteiger partial charge in [-0.05, 0) is 31.9 Å². The van der Waals surface area contributed by atoms with Crippen molar-refractivity contribution in [2.45, 2.75) is 30.7 Å². The Bertz CT molecular complexity index is 820. The van der Waals surface area contributed by atoms with E-state index in [0.717, 1.165) is 28.5 Å². The molecule has 2 N–H and O–H groups in total. The maximum atomic E-state index is 12.7. The number of fused-ring (bicyclic) bond motifs is 1. The van der Waals surface area contributed by atoms with Crippen molar-refractivity contribution in [2.75, 3.05) is 17.3 Å². The van der Waals surface area contributed by atoms with Gasteiger partial charge < -0.3 is 10.7 Å². The summed E-state index contributed by atoms with van der Waals surface area (Å²) in [5, 5.41) is 7.50. The summed E-state index contributed by atoms with van der Waals surface area (Å²) in [7, 11) is 0. The quantitative estimate of drug-likeness (QED) is 0.658. The van der Waals surface area contributed by atoms with Crippen LogP contribution in [0.4, 0.5) is 5.69 Å². The first-order valence-corrected chi connectivity index (χ1v) is 8.14. The van der Waals surface area contributed by atoms with Gasteiger partial charge in [-0.2, -0.15) is 4.68 Å². The van der Waals surface area contributed by atoms with Crippen LogP contribution in [0.1, 0.15) is 18.2 Å². The Kier molecular flexibility index (Phi) is 4.08. The molecule has 23 heavy (non-hydrogen) atoms. The minimum atomic E-state index is -0.424. The number of thioether (sulfide) groups is 1. The van der Waals surface area contributed by atoms with Gasteiger partial charge >= 0.3 is 0 Å². The topological polar surface area (TPSA) is 94.1 Å². The number of carbonyl (C=O) groups excluding carboxylic acids is 1. The van der Waals surface area contributed by atoms with Crippen molar-refractivity contribution in [3.05, 3.63) is 45.9 Å². The number of hydrogen-bond donors (Lipinski definition) is 1. The highest BCUT2D eigenvalue weighted by atomic mass is 32.2. The van der Waals surface area contributed by atoms with Crippen LogP contribution in [0.5, 0.6) is 0 Å². The summed E-state index contributed by atoms with van der Waals surface area (Å²) in [4.78, 5) is 26.3. The molecule has 120 valence electrons. The second-order valence-electron chi connectivity index (χ2n) is 5.37. The monoisotopic (exact) mass is 331 g/mol. The molecule has 0 saturated carbocycles. The number of aromatic nitrogens is 3. The van der Waals surface area contributed by atoms with Crippen LogP contribution in [-0.4, -0.2) is 32.6 Å². The van der Waals surface area contributed by atoms with E-state index in [1.54, 1.807) is 18.7 Å². The number of nitrogens with two attached hydrogens (primary N) is 1. The summed E-state index contributed by atoms with van der Waals surface area (Å²) < 4.78 is 0.939. The first-order chi connectivity index (χ1) is 11.0. The third-order valence-corrected chi connectivity index (χ3v) is 4.85. The number of anilines is 1. The molecule has 0 unspecified atom stereocenters. The maximum Gasteiger partial charge on any atom is 0.294 e. The van der Waals surface area contributed by atoms with Gasteiger partial charge in [0.15, 0.2) is 0 Å². The zero-order chi connectivity index (χ0) is 16.6. The molecule has 3 rings (SSSR count). The van der Waals surface area contributed by atoms with Gasteiger partial charge in [0.1, 0.15) is 5.69 Å². The van der Waals surface area contributed by atoms with Gasteiger partial charge in [-0.1, -0.05) is 30.0 Å². The van der Waals surface area contributed by atoms with Crippen molar-refractivity contribution in [3.8, 4) is 0 Å². The number of rotatable bonds is 3. The van der Waals surface area contributed by atoms with E-state index in [1.807, 2.05) is 24.3 Å². The molecule has 0 bridgehead atoms. The maximum absolute atomic E-state index is 12.7. The first kappa shape index (κ1) is 15.5. The summed E-state index contributed by atoms with van der Waals surface area (Å²) in [6.45, 7) is 3.99. The number of nitrogens with zero attached hydrogens (tertiary/aromatic N) is 4. The number of carbonyl (C=O) groups is 1. The Morgan fingerprint density at radius 3 is 2.87 bits per heavy atom. The normalized spacial score (nSPS) is 14.6. The van der Waals surface area contributed by atoms with Crippen molar-refractivity contribution in [1.29, 1.82) is 0 Å². The van der Waals surface area contributed by atoms with E-state index in [-0.39, 0.29) is 16.8 Å². The third kappa shape index (κ3) is 2.81. The molecule has 2 heterocycles. The van der Waals surface area contributed by atoms with Crippen LogP contribution < -0.4 is 16.3 Å². The molecule has 7 nitrogen and oxygen atoms in total. The number of benzene rings is 1. The summed E-state index contributed by atoms with van der Waals surface area (Å²) in [5.74, 6) is 5.69. The Morgan fingerprint density at radius 1 is 1.35 bits per heavy atom. The molecule has 1 aliphatic heterocycles. The number of para-hydroxylation sites is 1. The summed E-state index contributed by atoms with van der Waals surface area (Å²) in [6, 6.07) is 7.87. The van der Waals surface area contributed by atoms with Crippen molar-refractivity contribution < 1.29 is 4.79 Å². The number of nitrogen functional groups attached to an aromatic ring is 1. The van der Waals surface area contributed by atoms with E-state index in [0.29, 0.717) is 6.54 Å². The standard InChI is InChI=1S/C15H17N5O2S/c1-9-13(21)20(16)15(18-17-9)23-10(2)14(22)19-8-7-11-5-3-4-6-12(11)19/h3-6,10H,7-8,16H2,1-2H3/t10-/m1/s1. The molecular weight excluding hydrogens is 314 g/mol. The van der Waals surface area contributed by atoms with Gasteiger partial charge in [0, 0.05) is 12.2 Å². The highest BCUT2D eigenvalue weighted by molar-refractivity contribution is 8.00. The van der Waals surface area contributed by atoms with E-state index in [4.69, 9.17) is 5.84 Å². The van der Waals surface area contributed by atoms with Crippen LogP contribution in [0, 0.1) is 6.92 Å². The minimum absolute atomic E-state index is 0.0326. The average molecular weight is 331 g/mol. The van der Waals surface area contributed by atoms with Crippen LogP contribution in [0.25, 0.3) is 0 Å². The van der Waals surface area contributed by atoms with Crippen LogP contribution in [0.2, 0.25) is 0 Å². The largest absolute Gasteiger partial charge is 0.334 e. The lowest BCUT2D eigenvalue weighted by molar-refractivity contribution is -0.117. The zero-order valence-electron chi connectivity index (χ0n) is 12.9. The fourth-order valence-electron chi connectivity index (χ4n) is 2.55. The lowest BCUT2D eigenvalue weighted by Gasteiger charge is -2.21. The van der Waals surface area contributed by atoms with Gasteiger partial charge in [0.05, 0.1) is 5.25 Å². The van der Waals surface area contributed by atoms with E-state index >= 15 is 0 Å². The average Bonchev–Trinajstić information content (AvgIpc) is 2.98. The lowest BCUT2D eigenvalue weighted by atomic mass is 10.2. The van der Waals surface area contributed by atoms with Crippen LogP contribution in [-0.2, 0) is 11.2 Å². The fourth-order valence-corrected chi connectivity index (χ4v) is 3.37. The number of aryl methyl sites for hydroxylation is 1. The van der Waals surface area contributed by atoms with Crippen LogP contribution >= 0.6 is 11.8 Å². The van der Waals surface area contributed by atoms with Crippen molar-refractivity contribution in [3.63, 3.8) is 0 Å². The molecule has 0 spiro atoms. The molecule has 1 amide bonds. The van der Waals surface area contributed by atoms with E-state index in [9.17, 15) is 9.59 Å². The zero-order valence-corrected chi connectivity index (χ0v) is 13.7. The smallest absolute Gasteiger partial charge is 0.294 e. The summed E-state index contributed by atoms with van der Waals surface area (Å²) >= 11 is 1.14. The Hall–Kier alpha value is -2.35. The molecule has 1 aliphatic rings. The Morgan fingerprint density at radius 2 is 2.09 bits per heavy atom. The number of amides is 1. The predicted molar refractivity (Wildman–Crippen MR) is 89.0 cm³/mol. The van der Waals surface area contributed by atoms with Gasteiger partial charge in [0.25, 0.3) is 5.56 Å². The fraction of sp³-hybridized carbons (Fsp3) is 0.333. The summed E-state index contributed by atoms with van der Waals surface area (Å²) in [5.41, 5.74) is 1.94. The predicted octanol–water partition coefficient (Wildman–Crippen LogP) is 0.730. The first-order valence-electron chi connectivity index (χ1n) is 7.26. The molecule has 1 aromatic carbocycles. The van der Waals surface area contributed by atoms with Crippen molar-refractivity contribution in [2.24, 2.45) is 0 Å². The highest BCUT2D eigenvalue weighted by Crippen LogP contribution is 2.30. The van der Waals surface area contributed by atoms with Gasteiger partial charge in [-0.15, -0.1) is 10.2 Å². The molecule has 2 aromatic rings. The second kappa shape index (κ2) is 6.04.